The van der Waals surface area contributed by atoms with Gasteiger partial charge in [0.05, 0.1) is 0 Å². The highest BCUT2D eigenvalue weighted by Gasteiger charge is 2.22. The molecule has 0 N–H and O–H groups in total. The van der Waals surface area contributed by atoms with Gasteiger partial charge in [-0.25, -0.2) is 0 Å². The van der Waals surface area contributed by atoms with Crippen LogP contribution in [0.5, 0.6) is 5.75 Å². The predicted molar refractivity (Wildman–Crippen MR) is 101 cm³/mol. The smallest absolute Gasteiger partial charge is 0.263 e. The molecule has 3 nitrogen and oxygen atoms in total. The molecular weight excluding hydrogens is 334 g/mol. The van der Waals surface area contributed by atoms with Gasteiger partial charge < -0.3 is 9.64 Å². The van der Waals surface area contributed by atoms with Crippen LogP contribution in [-0.2, 0) is 24.2 Å². The zero-order chi connectivity index (χ0) is 17.8. The summed E-state index contributed by atoms with van der Waals surface area (Å²) in [5, 5.41) is 0.697. The van der Waals surface area contributed by atoms with Gasteiger partial charge in [-0.2, -0.15) is 0 Å². The number of benzene rings is 2. The lowest BCUT2D eigenvalue weighted by Gasteiger charge is -2.25. The lowest BCUT2D eigenvalue weighted by atomic mass is 9.91. The van der Waals surface area contributed by atoms with E-state index in [0.717, 1.165) is 24.2 Å². The molecule has 0 bridgehead atoms. The van der Waals surface area contributed by atoms with Crippen molar-refractivity contribution in [2.45, 2.75) is 45.3 Å². The molecule has 0 saturated heterocycles. The fourth-order valence-electron chi connectivity index (χ4n) is 3.35. The summed E-state index contributed by atoms with van der Waals surface area (Å²) >= 11 is 5.91. The third-order valence-electron chi connectivity index (χ3n) is 4.71. The highest BCUT2D eigenvalue weighted by Crippen LogP contribution is 2.30. The molecule has 0 spiro atoms. The average Bonchev–Trinajstić information content (AvgIpc) is 2.63. The van der Waals surface area contributed by atoms with Crippen LogP contribution < -0.4 is 4.74 Å². The fraction of sp³-hybridized carbons (Fsp3) is 0.381. The number of hydrogen-bond acceptors (Lipinski definition) is 2. The van der Waals surface area contributed by atoms with E-state index >= 15 is 0 Å². The molecule has 25 heavy (non-hydrogen) atoms. The highest BCUT2D eigenvalue weighted by atomic mass is 35.5. The molecule has 1 amide bonds. The van der Waals surface area contributed by atoms with E-state index in [2.05, 4.69) is 6.07 Å². The first-order valence-corrected chi connectivity index (χ1v) is 9.19. The summed E-state index contributed by atoms with van der Waals surface area (Å²) in [7, 11) is 1.80. The van der Waals surface area contributed by atoms with Crippen molar-refractivity contribution in [2.24, 2.45) is 0 Å². The van der Waals surface area contributed by atoms with Gasteiger partial charge in [-0.3, -0.25) is 4.79 Å². The van der Waals surface area contributed by atoms with Crippen molar-refractivity contribution in [1.29, 1.82) is 0 Å². The van der Waals surface area contributed by atoms with Gasteiger partial charge in [-0.05, 0) is 67.5 Å². The Morgan fingerprint density at radius 1 is 1.16 bits per heavy atom. The first kappa shape index (κ1) is 17.8. The van der Waals surface area contributed by atoms with Crippen molar-refractivity contribution in [3.8, 4) is 5.75 Å². The maximum Gasteiger partial charge on any atom is 0.263 e. The zero-order valence-corrected chi connectivity index (χ0v) is 15.6. The number of rotatable bonds is 5. The van der Waals surface area contributed by atoms with E-state index in [1.165, 1.54) is 24.0 Å². The van der Waals surface area contributed by atoms with Crippen LogP contribution in [0, 0.1) is 0 Å². The summed E-state index contributed by atoms with van der Waals surface area (Å²) in [5.41, 5.74) is 3.68. The van der Waals surface area contributed by atoms with Gasteiger partial charge in [0.25, 0.3) is 5.91 Å². The van der Waals surface area contributed by atoms with Crippen LogP contribution in [0.25, 0.3) is 0 Å². The van der Waals surface area contributed by atoms with Gasteiger partial charge in [-0.1, -0.05) is 35.9 Å². The van der Waals surface area contributed by atoms with E-state index in [1.54, 1.807) is 11.9 Å². The first-order valence-electron chi connectivity index (χ1n) is 8.81. The standard InChI is InChI=1S/C21H24ClNO2/c1-15(21(24)23(2)14-16-10-12-18(22)13-11-16)25-20-9-5-7-17-6-3-4-8-19(17)20/h5,7,9-13,15H,3-4,6,8,14H2,1-2H3/t15-/m1/s1. The van der Waals surface area contributed by atoms with Gasteiger partial charge in [-0.15, -0.1) is 0 Å². The van der Waals surface area contributed by atoms with Crippen molar-refractivity contribution < 1.29 is 9.53 Å². The summed E-state index contributed by atoms with van der Waals surface area (Å²) < 4.78 is 6.04. The van der Waals surface area contributed by atoms with Crippen molar-refractivity contribution in [1.82, 2.24) is 4.90 Å². The molecule has 2 aromatic rings. The van der Waals surface area contributed by atoms with Crippen LogP contribution >= 0.6 is 11.6 Å². The van der Waals surface area contributed by atoms with Crippen LogP contribution in [0.1, 0.15) is 36.5 Å². The number of hydrogen-bond donors (Lipinski definition) is 0. The summed E-state index contributed by atoms with van der Waals surface area (Å²) in [6.07, 6.45) is 4.05. The van der Waals surface area contributed by atoms with E-state index in [4.69, 9.17) is 16.3 Å². The Hall–Kier alpha value is -2.00. The molecule has 1 atom stereocenters. The highest BCUT2D eigenvalue weighted by molar-refractivity contribution is 6.30. The Balaban J connectivity index is 1.65. The van der Waals surface area contributed by atoms with Gasteiger partial charge >= 0.3 is 0 Å². The number of ether oxygens (including phenoxy) is 1. The van der Waals surface area contributed by atoms with Crippen molar-refractivity contribution in [2.75, 3.05) is 7.05 Å². The minimum Gasteiger partial charge on any atom is -0.481 e. The molecule has 2 aromatic carbocycles. The zero-order valence-electron chi connectivity index (χ0n) is 14.8. The molecule has 0 unspecified atom stereocenters. The van der Waals surface area contributed by atoms with Gasteiger partial charge in [0, 0.05) is 18.6 Å². The quantitative estimate of drug-likeness (QED) is 0.779. The average molecular weight is 358 g/mol. The minimum atomic E-state index is -0.509. The second-order valence-corrected chi connectivity index (χ2v) is 7.12. The largest absolute Gasteiger partial charge is 0.481 e. The predicted octanol–water partition coefficient (Wildman–Crippen LogP) is 4.64. The molecule has 4 heteroatoms. The van der Waals surface area contributed by atoms with E-state index in [0.29, 0.717) is 11.6 Å². The number of aryl methyl sites for hydroxylation is 1. The normalized spacial score (nSPS) is 14.5. The van der Waals surface area contributed by atoms with E-state index < -0.39 is 6.10 Å². The molecule has 0 saturated carbocycles. The Kier molecular flexibility index (Phi) is 5.64. The molecule has 1 aliphatic carbocycles. The summed E-state index contributed by atoms with van der Waals surface area (Å²) in [6.45, 7) is 2.36. The molecule has 1 aliphatic rings. The molecule has 132 valence electrons. The molecule has 0 aromatic heterocycles. The first-order chi connectivity index (χ1) is 12.0. The van der Waals surface area contributed by atoms with Crippen molar-refractivity contribution in [3.05, 3.63) is 64.2 Å². The van der Waals surface area contributed by atoms with Crippen LogP contribution in [0.2, 0.25) is 5.02 Å². The maximum atomic E-state index is 12.7. The van der Waals surface area contributed by atoms with Crippen molar-refractivity contribution in [3.63, 3.8) is 0 Å². The van der Waals surface area contributed by atoms with E-state index in [9.17, 15) is 4.79 Å². The van der Waals surface area contributed by atoms with E-state index in [1.807, 2.05) is 43.3 Å². The number of carbonyl (C=O) groups excluding carboxylic acids is 1. The molecular formula is C21H24ClNO2. The topological polar surface area (TPSA) is 29.5 Å². The number of fused-ring (bicyclic) bond motifs is 1. The fourth-order valence-corrected chi connectivity index (χ4v) is 3.48. The summed E-state index contributed by atoms with van der Waals surface area (Å²) in [4.78, 5) is 14.4. The van der Waals surface area contributed by atoms with Gasteiger partial charge in [0.15, 0.2) is 6.10 Å². The number of likely N-dealkylation sites (N-methyl/N-ethyl adjacent to an activating group) is 1. The Labute approximate surface area is 154 Å². The lowest BCUT2D eigenvalue weighted by molar-refractivity contribution is -0.137. The molecule has 0 radical (unpaired) electrons. The van der Waals surface area contributed by atoms with Crippen molar-refractivity contribution >= 4 is 17.5 Å². The number of amides is 1. The number of nitrogens with zero attached hydrogens (tertiary/aromatic N) is 1. The van der Waals surface area contributed by atoms with Gasteiger partial charge in [0.1, 0.15) is 5.75 Å². The Morgan fingerprint density at radius 2 is 1.88 bits per heavy atom. The third-order valence-corrected chi connectivity index (χ3v) is 4.97. The molecule has 0 aliphatic heterocycles. The van der Waals surface area contributed by atoms with E-state index in [-0.39, 0.29) is 5.91 Å². The SMILES string of the molecule is C[C@@H](Oc1cccc2c1CCCC2)C(=O)N(C)Cc1ccc(Cl)cc1. The third kappa shape index (κ3) is 4.35. The Morgan fingerprint density at radius 3 is 2.64 bits per heavy atom. The summed E-state index contributed by atoms with van der Waals surface area (Å²) in [5.74, 6) is 0.835. The minimum absolute atomic E-state index is 0.0247. The Bertz CT molecular complexity index is 742. The lowest BCUT2D eigenvalue weighted by Crippen LogP contribution is -2.37. The maximum absolute atomic E-state index is 12.7. The molecule has 0 fully saturated rings. The van der Waals surface area contributed by atoms with Gasteiger partial charge in [0.2, 0.25) is 0 Å². The second-order valence-electron chi connectivity index (χ2n) is 6.68. The second kappa shape index (κ2) is 7.92. The monoisotopic (exact) mass is 357 g/mol. The number of carbonyl (C=O) groups is 1. The van der Waals surface area contributed by atoms with Crippen LogP contribution in [0.4, 0.5) is 0 Å². The summed E-state index contributed by atoms with van der Waals surface area (Å²) in [6, 6.07) is 13.7. The molecule has 3 rings (SSSR count). The van der Waals surface area contributed by atoms with Crippen LogP contribution in [0.15, 0.2) is 42.5 Å². The molecule has 0 heterocycles. The number of halogens is 1. The van der Waals surface area contributed by atoms with Crippen LogP contribution in [-0.4, -0.2) is 24.0 Å². The van der Waals surface area contributed by atoms with Crippen LogP contribution in [0.3, 0.4) is 0 Å².